The minimum Gasteiger partial charge on any atom is -0.506 e. The van der Waals surface area contributed by atoms with Gasteiger partial charge in [-0.2, -0.15) is 0 Å². The van der Waals surface area contributed by atoms with E-state index in [1.165, 1.54) is 10.6 Å². The van der Waals surface area contributed by atoms with E-state index in [0.29, 0.717) is 10.9 Å². The number of allylic oxidation sites excluding steroid dienone is 1. The minimum absolute atomic E-state index is 0.0453. The van der Waals surface area contributed by atoms with Crippen molar-refractivity contribution in [1.82, 2.24) is 4.57 Å². The molecule has 132 valence electrons. The van der Waals surface area contributed by atoms with Gasteiger partial charge in [0.15, 0.2) is 11.6 Å². The molecule has 0 saturated carbocycles. The van der Waals surface area contributed by atoms with Crippen LogP contribution < -0.4 is 10.9 Å². The molecule has 2 aromatic carbocycles. The number of aromatic hydroxyl groups is 1. The van der Waals surface area contributed by atoms with Crippen LogP contribution in [0, 0.1) is 11.6 Å². The third-order valence-corrected chi connectivity index (χ3v) is 3.86. The normalized spacial score (nSPS) is 10.7. The molecule has 0 atom stereocenters. The predicted octanol–water partition coefficient (Wildman–Crippen LogP) is 3.42. The number of amides is 1. The molecule has 3 aromatic rings. The molecule has 1 aromatic heterocycles. The quantitative estimate of drug-likeness (QED) is 0.704. The first-order valence-corrected chi connectivity index (χ1v) is 7.66. The Balaban J connectivity index is 2.14. The number of nitrogens with one attached hydrogen (secondary N) is 1. The first kappa shape index (κ1) is 17.3. The van der Waals surface area contributed by atoms with Crippen molar-refractivity contribution in [1.29, 1.82) is 0 Å². The molecule has 0 fully saturated rings. The zero-order valence-electron chi connectivity index (χ0n) is 13.5. The number of hydrogen-bond acceptors (Lipinski definition) is 3. The first-order valence-electron chi connectivity index (χ1n) is 7.66. The second kappa shape index (κ2) is 6.79. The summed E-state index contributed by atoms with van der Waals surface area (Å²) in [5.74, 6) is -3.62. The Morgan fingerprint density at radius 2 is 1.92 bits per heavy atom. The van der Waals surface area contributed by atoms with E-state index < -0.39 is 34.4 Å². The van der Waals surface area contributed by atoms with Crippen LogP contribution in [0.3, 0.4) is 0 Å². The number of pyridine rings is 1. The number of benzene rings is 2. The average molecular weight is 356 g/mol. The first-order chi connectivity index (χ1) is 12.4. The highest BCUT2D eigenvalue weighted by molar-refractivity contribution is 6.09. The molecule has 0 aliphatic heterocycles. The summed E-state index contributed by atoms with van der Waals surface area (Å²) in [5.41, 5.74) is -0.813. The zero-order chi connectivity index (χ0) is 18.8. The smallest absolute Gasteiger partial charge is 0.268 e. The van der Waals surface area contributed by atoms with Crippen LogP contribution in [-0.4, -0.2) is 15.6 Å². The maximum atomic E-state index is 13.3. The Labute approximate surface area is 146 Å². The Kier molecular flexibility index (Phi) is 4.53. The fraction of sp³-hybridized carbons (Fsp3) is 0.0526. The van der Waals surface area contributed by atoms with Crippen LogP contribution >= 0.6 is 0 Å². The number of rotatable bonds is 4. The molecule has 0 aliphatic rings. The maximum absolute atomic E-state index is 13.3. The molecule has 0 spiro atoms. The van der Waals surface area contributed by atoms with Gasteiger partial charge >= 0.3 is 0 Å². The molecule has 0 saturated heterocycles. The van der Waals surface area contributed by atoms with Crippen molar-refractivity contribution in [3.8, 4) is 5.75 Å². The van der Waals surface area contributed by atoms with Gasteiger partial charge in [-0.05, 0) is 24.3 Å². The van der Waals surface area contributed by atoms with E-state index in [1.54, 1.807) is 24.3 Å². The standard InChI is InChI=1S/C19H14F2N2O3/c1-2-9-23-15-6-4-3-5-12(15)17(24)16(19(23)26)18(25)22-11-7-8-13(20)14(21)10-11/h2-8,10,24H,1,9H2,(H,22,25). The van der Waals surface area contributed by atoms with E-state index in [4.69, 9.17) is 0 Å². The van der Waals surface area contributed by atoms with Gasteiger partial charge < -0.3 is 15.0 Å². The third-order valence-electron chi connectivity index (χ3n) is 3.86. The Morgan fingerprint density at radius 1 is 1.19 bits per heavy atom. The van der Waals surface area contributed by atoms with Gasteiger partial charge in [-0.1, -0.05) is 18.2 Å². The van der Waals surface area contributed by atoms with E-state index >= 15 is 0 Å². The monoisotopic (exact) mass is 356 g/mol. The average Bonchev–Trinajstić information content (AvgIpc) is 2.62. The molecule has 0 unspecified atom stereocenters. The van der Waals surface area contributed by atoms with Crippen LogP contribution in [-0.2, 0) is 6.54 Å². The van der Waals surface area contributed by atoms with Gasteiger partial charge in [0.1, 0.15) is 11.3 Å². The van der Waals surface area contributed by atoms with E-state index in [2.05, 4.69) is 11.9 Å². The van der Waals surface area contributed by atoms with Gasteiger partial charge in [0, 0.05) is 23.7 Å². The lowest BCUT2D eigenvalue weighted by molar-refractivity contribution is 0.102. The van der Waals surface area contributed by atoms with Crippen LogP contribution in [0.5, 0.6) is 5.75 Å². The Hall–Kier alpha value is -3.48. The third kappa shape index (κ3) is 2.95. The fourth-order valence-electron chi connectivity index (χ4n) is 2.67. The Bertz CT molecular complexity index is 1090. The number of aromatic nitrogens is 1. The molecule has 5 nitrogen and oxygen atoms in total. The van der Waals surface area contributed by atoms with E-state index in [0.717, 1.165) is 18.2 Å². The molecule has 2 N–H and O–H groups in total. The number of anilines is 1. The highest BCUT2D eigenvalue weighted by Gasteiger charge is 2.22. The lowest BCUT2D eigenvalue weighted by atomic mass is 10.1. The van der Waals surface area contributed by atoms with Gasteiger partial charge in [-0.25, -0.2) is 8.78 Å². The van der Waals surface area contributed by atoms with Crippen LogP contribution in [0.2, 0.25) is 0 Å². The molecule has 0 radical (unpaired) electrons. The molecule has 0 bridgehead atoms. The summed E-state index contributed by atoms with van der Waals surface area (Å²) in [6.45, 7) is 3.72. The van der Waals surface area contributed by atoms with Gasteiger partial charge in [0.05, 0.1) is 5.52 Å². The van der Waals surface area contributed by atoms with Crippen LogP contribution in [0.15, 0.2) is 59.9 Å². The van der Waals surface area contributed by atoms with Gasteiger partial charge in [0.25, 0.3) is 11.5 Å². The van der Waals surface area contributed by atoms with E-state index in [9.17, 15) is 23.5 Å². The summed E-state index contributed by atoms with van der Waals surface area (Å²) in [5, 5.41) is 13.0. The van der Waals surface area contributed by atoms with Crippen molar-refractivity contribution < 1.29 is 18.7 Å². The highest BCUT2D eigenvalue weighted by atomic mass is 19.2. The second-order valence-electron chi connectivity index (χ2n) is 5.53. The topological polar surface area (TPSA) is 71.3 Å². The fourth-order valence-corrected chi connectivity index (χ4v) is 2.67. The molecule has 7 heteroatoms. The summed E-state index contributed by atoms with van der Waals surface area (Å²) in [6.07, 6.45) is 1.49. The lowest BCUT2D eigenvalue weighted by Crippen LogP contribution is -2.29. The summed E-state index contributed by atoms with van der Waals surface area (Å²) in [4.78, 5) is 25.2. The number of para-hydroxylation sites is 1. The van der Waals surface area contributed by atoms with E-state index in [1.807, 2.05) is 0 Å². The lowest BCUT2D eigenvalue weighted by Gasteiger charge is -2.14. The zero-order valence-corrected chi connectivity index (χ0v) is 13.5. The van der Waals surface area contributed by atoms with Crippen molar-refractivity contribution in [2.75, 3.05) is 5.32 Å². The van der Waals surface area contributed by atoms with E-state index in [-0.39, 0.29) is 12.2 Å². The summed E-state index contributed by atoms with van der Waals surface area (Å²) in [6, 6.07) is 9.34. The van der Waals surface area contributed by atoms with Crippen LogP contribution in [0.25, 0.3) is 10.9 Å². The van der Waals surface area contributed by atoms with Crippen molar-refractivity contribution in [2.24, 2.45) is 0 Å². The van der Waals surface area contributed by atoms with Crippen LogP contribution in [0.4, 0.5) is 14.5 Å². The van der Waals surface area contributed by atoms with Crippen molar-refractivity contribution in [3.63, 3.8) is 0 Å². The van der Waals surface area contributed by atoms with Crippen molar-refractivity contribution in [3.05, 3.63) is 82.7 Å². The number of carbonyl (C=O) groups is 1. The van der Waals surface area contributed by atoms with Crippen molar-refractivity contribution in [2.45, 2.75) is 6.54 Å². The summed E-state index contributed by atoms with van der Waals surface area (Å²) >= 11 is 0. The number of halogens is 2. The highest BCUT2D eigenvalue weighted by Crippen LogP contribution is 2.27. The largest absolute Gasteiger partial charge is 0.506 e. The molecule has 3 rings (SSSR count). The maximum Gasteiger partial charge on any atom is 0.268 e. The molecule has 1 amide bonds. The number of carbonyl (C=O) groups excluding carboxylic acids is 1. The van der Waals surface area contributed by atoms with Gasteiger partial charge in [0.2, 0.25) is 0 Å². The molecule has 26 heavy (non-hydrogen) atoms. The summed E-state index contributed by atoms with van der Waals surface area (Å²) in [7, 11) is 0. The van der Waals surface area contributed by atoms with Crippen molar-refractivity contribution >= 4 is 22.5 Å². The SMILES string of the molecule is C=CCn1c(=O)c(C(=O)Nc2ccc(F)c(F)c2)c(O)c2ccccc21. The molecular formula is C19H14F2N2O3. The number of nitrogens with zero attached hydrogens (tertiary/aromatic N) is 1. The molecular weight excluding hydrogens is 342 g/mol. The second-order valence-corrected chi connectivity index (χ2v) is 5.53. The Morgan fingerprint density at radius 3 is 2.62 bits per heavy atom. The number of hydrogen-bond donors (Lipinski definition) is 2. The number of fused-ring (bicyclic) bond motifs is 1. The minimum atomic E-state index is -1.14. The molecule has 0 aliphatic carbocycles. The predicted molar refractivity (Wildman–Crippen MR) is 94.4 cm³/mol. The van der Waals surface area contributed by atoms with Gasteiger partial charge in [-0.3, -0.25) is 9.59 Å². The molecule has 1 heterocycles. The van der Waals surface area contributed by atoms with Crippen LogP contribution in [0.1, 0.15) is 10.4 Å². The summed E-state index contributed by atoms with van der Waals surface area (Å²) < 4.78 is 27.6. The van der Waals surface area contributed by atoms with Gasteiger partial charge in [-0.15, -0.1) is 6.58 Å².